The highest BCUT2D eigenvalue weighted by molar-refractivity contribution is 5.58. The Morgan fingerprint density at radius 1 is 1.28 bits per heavy atom. The molecule has 0 atom stereocenters. The molecule has 0 radical (unpaired) electrons. The molecule has 3 N–H and O–H groups in total. The van der Waals surface area contributed by atoms with Gasteiger partial charge in [0.2, 0.25) is 5.95 Å². The van der Waals surface area contributed by atoms with Gasteiger partial charge in [-0.25, -0.2) is 4.98 Å². The Kier molecular flexibility index (Phi) is 3.39. The molecule has 0 bridgehead atoms. The fourth-order valence-electron chi connectivity index (χ4n) is 1.54. The van der Waals surface area contributed by atoms with Crippen LogP contribution in [0.4, 0.5) is 17.5 Å². The van der Waals surface area contributed by atoms with Gasteiger partial charge in [0.05, 0.1) is 11.6 Å². The Hall–Kier alpha value is -2.61. The highest BCUT2D eigenvalue weighted by atomic mass is 15.1. The van der Waals surface area contributed by atoms with Crippen LogP contribution in [-0.2, 0) is 6.42 Å². The summed E-state index contributed by atoms with van der Waals surface area (Å²) in [6.45, 7) is 2.01. The minimum Gasteiger partial charge on any atom is -0.368 e. The van der Waals surface area contributed by atoms with E-state index >= 15 is 0 Å². The lowest BCUT2D eigenvalue weighted by Crippen LogP contribution is -2.02. The molecule has 0 aliphatic carbocycles. The summed E-state index contributed by atoms with van der Waals surface area (Å²) in [5.41, 5.74) is 7.99. The number of rotatable bonds is 3. The SMILES string of the molecule is CCc1cc(Nc2ccc(C#N)cc2)nc(N)n1. The minimum atomic E-state index is 0.255. The van der Waals surface area contributed by atoms with E-state index in [4.69, 9.17) is 11.0 Å². The quantitative estimate of drug-likeness (QED) is 0.857. The smallest absolute Gasteiger partial charge is 0.222 e. The third-order valence-corrected chi connectivity index (χ3v) is 2.45. The first-order valence-corrected chi connectivity index (χ1v) is 5.62. The van der Waals surface area contributed by atoms with Gasteiger partial charge >= 0.3 is 0 Å². The van der Waals surface area contributed by atoms with Crippen molar-refractivity contribution < 1.29 is 0 Å². The first kappa shape index (κ1) is 11.9. The number of anilines is 3. The average molecular weight is 239 g/mol. The molecule has 1 aromatic carbocycles. The van der Waals surface area contributed by atoms with Gasteiger partial charge in [0.1, 0.15) is 5.82 Å². The molecule has 0 fully saturated rings. The van der Waals surface area contributed by atoms with E-state index in [0.717, 1.165) is 17.8 Å². The van der Waals surface area contributed by atoms with E-state index in [1.54, 1.807) is 12.1 Å². The van der Waals surface area contributed by atoms with Crippen molar-refractivity contribution in [3.05, 3.63) is 41.6 Å². The molecule has 5 nitrogen and oxygen atoms in total. The number of hydrogen-bond donors (Lipinski definition) is 2. The van der Waals surface area contributed by atoms with Crippen LogP contribution in [0, 0.1) is 11.3 Å². The molecule has 1 heterocycles. The fraction of sp³-hybridized carbons (Fsp3) is 0.154. The van der Waals surface area contributed by atoms with Crippen LogP contribution < -0.4 is 11.1 Å². The van der Waals surface area contributed by atoms with Gasteiger partial charge in [-0.05, 0) is 30.7 Å². The Morgan fingerprint density at radius 3 is 2.61 bits per heavy atom. The third kappa shape index (κ3) is 2.74. The zero-order valence-electron chi connectivity index (χ0n) is 10.0. The molecular weight excluding hydrogens is 226 g/mol. The zero-order valence-corrected chi connectivity index (χ0v) is 10.0. The molecule has 2 rings (SSSR count). The monoisotopic (exact) mass is 239 g/mol. The van der Waals surface area contributed by atoms with E-state index in [1.165, 1.54) is 0 Å². The fourth-order valence-corrected chi connectivity index (χ4v) is 1.54. The van der Waals surface area contributed by atoms with Crippen LogP contribution in [0.25, 0.3) is 0 Å². The van der Waals surface area contributed by atoms with Crippen molar-refractivity contribution in [1.29, 1.82) is 5.26 Å². The highest BCUT2D eigenvalue weighted by Crippen LogP contribution is 2.16. The van der Waals surface area contributed by atoms with E-state index in [2.05, 4.69) is 21.4 Å². The van der Waals surface area contributed by atoms with Crippen molar-refractivity contribution in [2.75, 3.05) is 11.1 Å². The maximum absolute atomic E-state index is 8.72. The molecule has 0 amide bonds. The van der Waals surface area contributed by atoms with Crippen molar-refractivity contribution in [1.82, 2.24) is 9.97 Å². The highest BCUT2D eigenvalue weighted by Gasteiger charge is 2.01. The van der Waals surface area contributed by atoms with Gasteiger partial charge in [0, 0.05) is 17.4 Å². The standard InChI is InChI=1S/C13H13N5/c1-2-10-7-12(18-13(15)17-10)16-11-5-3-9(8-14)4-6-11/h3-7H,2H2,1H3,(H3,15,16,17,18). The van der Waals surface area contributed by atoms with Gasteiger partial charge in [-0.15, -0.1) is 0 Å². The second-order valence-electron chi connectivity index (χ2n) is 3.77. The summed E-state index contributed by atoms with van der Waals surface area (Å²) in [7, 11) is 0. The van der Waals surface area contributed by atoms with Gasteiger partial charge in [-0.3, -0.25) is 0 Å². The molecule has 1 aromatic heterocycles. The topological polar surface area (TPSA) is 87.6 Å². The van der Waals surface area contributed by atoms with Crippen molar-refractivity contribution in [3.8, 4) is 6.07 Å². The first-order valence-electron chi connectivity index (χ1n) is 5.62. The van der Waals surface area contributed by atoms with Crippen LogP contribution in [-0.4, -0.2) is 9.97 Å². The molecule has 0 unspecified atom stereocenters. The average Bonchev–Trinajstić information content (AvgIpc) is 2.39. The van der Waals surface area contributed by atoms with Crippen LogP contribution >= 0.6 is 0 Å². The number of nitrogen functional groups attached to an aromatic ring is 1. The molecular formula is C13H13N5. The normalized spacial score (nSPS) is 9.78. The van der Waals surface area contributed by atoms with Crippen LogP contribution in [0.15, 0.2) is 30.3 Å². The second-order valence-corrected chi connectivity index (χ2v) is 3.77. The molecule has 90 valence electrons. The molecule has 0 aliphatic rings. The van der Waals surface area contributed by atoms with Crippen molar-refractivity contribution in [3.63, 3.8) is 0 Å². The molecule has 0 saturated carbocycles. The third-order valence-electron chi connectivity index (χ3n) is 2.45. The van der Waals surface area contributed by atoms with E-state index in [-0.39, 0.29) is 5.95 Å². The minimum absolute atomic E-state index is 0.255. The Bertz CT molecular complexity index is 583. The number of aromatic nitrogens is 2. The Morgan fingerprint density at radius 2 is 2.00 bits per heavy atom. The molecule has 0 spiro atoms. The molecule has 5 heteroatoms. The van der Waals surface area contributed by atoms with Crippen LogP contribution in [0.1, 0.15) is 18.2 Å². The second kappa shape index (κ2) is 5.15. The predicted octanol–water partition coefficient (Wildman–Crippen LogP) is 2.24. The number of benzene rings is 1. The number of aryl methyl sites for hydroxylation is 1. The van der Waals surface area contributed by atoms with Gasteiger partial charge in [-0.1, -0.05) is 6.92 Å². The van der Waals surface area contributed by atoms with Gasteiger partial charge in [0.15, 0.2) is 0 Å². The first-order chi connectivity index (χ1) is 8.71. The predicted molar refractivity (Wildman–Crippen MR) is 70.3 cm³/mol. The lowest BCUT2D eigenvalue weighted by molar-refractivity contribution is 1.01. The summed E-state index contributed by atoms with van der Waals surface area (Å²) < 4.78 is 0. The van der Waals surface area contributed by atoms with Crippen molar-refractivity contribution >= 4 is 17.5 Å². The van der Waals surface area contributed by atoms with E-state index in [1.807, 2.05) is 25.1 Å². The summed E-state index contributed by atoms with van der Waals surface area (Å²) >= 11 is 0. The maximum atomic E-state index is 8.72. The lowest BCUT2D eigenvalue weighted by Gasteiger charge is -2.07. The number of nitriles is 1. The number of hydrogen-bond acceptors (Lipinski definition) is 5. The van der Waals surface area contributed by atoms with Gasteiger partial charge in [0.25, 0.3) is 0 Å². The van der Waals surface area contributed by atoms with Crippen molar-refractivity contribution in [2.24, 2.45) is 0 Å². The summed E-state index contributed by atoms with van der Waals surface area (Å²) in [6, 6.07) is 11.1. The van der Waals surface area contributed by atoms with E-state index in [0.29, 0.717) is 11.4 Å². The zero-order chi connectivity index (χ0) is 13.0. The Labute approximate surface area is 105 Å². The van der Waals surface area contributed by atoms with Crippen molar-refractivity contribution in [2.45, 2.75) is 13.3 Å². The van der Waals surface area contributed by atoms with Crippen LogP contribution in [0.5, 0.6) is 0 Å². The van der Waals surface area contributed by atoms with E-state index in [9.17, 15) is 0 Å². The molecule has 2 aromatic rings. The van der Waals surface area contributed by atoms with E-state index < -0.39 is 0 Å². The number of nitrogens with two attached hydrogens (primary N) is 1. The summed E-state index contributed by atoms with van der Waals surface area (Å²) in [4.78, 5) is 8.22. The van der Waals surface area contributed by atoms with Crippen LogP contribution in [0.3, 0.4) is 0 Å². The molecule has 18 heavy (non-hydrogen) atoms. The molecule has 0 saturated heterocycles. The Balaban J connectivity index is 2.22. The number of nitrogens with zero attached hydrogens (tertiary/aromatic N) is 3. The molecule has 0 aliphatic heterocycles. The number of nitrogens with one attached hydrogen (secondary N) is 1. The summed E-state index contributed by atoms with van der Waals surface area (Å²) in [5, 5.41) is 11.8. The summed E-state index contributed by atoms with van der Waals surface area (Å²) in [6.07, 6.45) is 0.800. The van der Waals surface area contributed by atoms with Gasteiger partial charge < -0.3 is 11.1 Å². The lowest BCUT2D eigenvalue weighted by atomic mass is 10.2. The summed E-state index contributed by atoms with van der Waals surface area (Å²) in [5.74, 6) is 0.912. The maximum Gasteiger partial charge on any atom is 0.222 e. The van der Waals surface area contributed by atoms with Gasteiger partial charge in [-0.2, -0.15) is 10.2 Å². The van der Waals surface area contributed by atoms with Crippen LogP contribution in [0.2, 0.25) is 0 Å². The largest absolute Gasteiger partial charge is 0.368 e.